The number of aliphatic imine (C=N–C) groups is 1. The van der Waals surface area contributed by atoms with Gasteiger partial charge in [-0.3, -0.25) is 9.67 Å². The lowest BCUT2D eigenvalue weighted by molar-refractivity contribution is 0.203. The number of aromatic nitrogens is 2. The number of nitrogens with zero attached hydrogens (tertiary/aromatic N) is 3. The summed E-state index contributed by atoms with van der Waals surface area (Å²) in [5, 5.41) is 10.5. The van der Waals surface area contributed by atoms with Crippen molar-refractivity contribution >= 4 is 5.96 Å². The Bertz CT molecular complexity index is 347. The summed E-state index contributed by atoms with van der Waals surface area (Å²) in [5.74, 6) is 0.797. The van der Waals surface area contributed by atoms with Crippen LogP contribution in [0.25, 0.3) is 0 Å². The molecule has 0 aliphatic rings. The zero-order valence-corrected chi connectivity index (χ0v) is 10.7. The van der Waals surface area contributed by atoms with Gasteiger partial charge in [-0.05, 0) is 12.0 Å². The van der Waals surface area contributed by atoms with Crippen LogP contribution in [0, 0.1) is 0 Å². The molecular weight excluding hydrogens is 218 g/mol. The molecule has 17 heavy (non-hydrogen) atoms. The first kappa shape index (κ1) is 13.5. The first-order valence-corrected chi connectivity index (χ1v) is 5.67. The van der Waals surface area contributed by atoms with E-state index in [2.05, 4.69) is 20.7 Å². The summed E-state index contributed by atoms with van der Waals surface area (Å²) >= 11 is 0. The molecule has 6 nitrogen and oxygen atoms in total. The molecule has 1 heterocycles. The van der Waals surface area contributed by atoms with E-state index in [4.69, 9.17) is 4.74 Å². The lowest BCUT2D eigenvalue weighted by Gasteiger charge is -2.10. The van der Waals surface area contributed by atoms with Crippen molar-refractivity contribution < 1.29 is 4.74 Å². The average molecular weight is 239 g/mol. The van der Waals surface area contributed by atoms with Gasteiger partial charge in [0.1, 0.15) is 0 Å². The number of methoxy groups -OCH3 is 1. The van der Waals surface area contributed by atoms with E-state index in [-0.39, 0.29) is 0 Å². The highest BCUT2D eigenvalue weighted by atomic mass is 16.5. The van der Waals surface area contributed by atoms with Crippen molar-refractivity contribution in [3.63, 3.8) is 0 Å². The van der Waals surface area contributed by atoms with Crippen molar-refractivity contribution in [3.8, 4) is 0 Å². The van der Waals surface area contributed by atoms with Gasteiger partial charge in [-0.1, -0.05) is 0 Å². The van der Waals surface area contributed by atoms with E-state index in [0.29, 0.717) is 6.61 Å². The number of hydrogen-bond acceptors (Lipinski definition) is 3. The fourth-order valence-corrected chi connectivity index (χ4v) is 1.42. The molecule has 0 saturated heterocycles. The van der Waals surface area contributed by atoms with Gasteiger partial charge >= 0.3 is 0 Å². The SMILES string of the molecule is CN=C(NCCOC)NCCc1cnn(C)c1. The minimum atomic E-state index is 0.670. The van der Waals surface area contributed by atoms with Crippen molar-refractivity contribution in [2.24, 2.45) is 12.0 Å². The molecule has 1 aromatic rings. The molecule has 1 rings (SSSR count). The van der Waals surface area contributed by atoms with Crippen molar-refractivity contribution in [1.82, 2.24) is 20.4 Å². The number of guanidine groups is 1. The van der Waals surface area contributed by atoms with Gasteiger partial charge in [0.05, 0.1) is 12.8 Å². The predicted octanol–water partition coefficient (Wildman–Crippen LogP) is -0.226. The molecule has 0 aliphatic heterocycles. The van der Waals surface area contributed by atoms with Gasteiger partial charge in [0.15, 0.2) is 5.96 Å². The summed E-state index contributed by atoms with van der Waals surface area (Å²) < 4.78 is 6.76. The van der Waals surface area contributed by atoms with Crippen molar-refractivity contribution in [3.05, 3.63) is 18.0 Å². The maximum absolute atomic E-state index is 4.96. The zero-order valence-electron chi connectivity index (χ0n) is 10.7. The molecule has 1 aromatic heterocycles. The third-order valence-electron chi connectivity index (χ3n) is 2.29. The Balaban J connectivity index is 2.19. The molecule has 6 heteroatoms. The van der Waals surface area contributed by atoms with Gasteiger partial charge in [0.2, 0.25) is 0 Å². The Morgan fingerprint density at radius 2 is 2.24 bits per heavy atom. The molecular formula is C11H21N5O. The smallest absolute Gasteiger partial charge is 0.191 e. The Labute approximate surface area is 102 Å². The molecule has 0 unspecified atom stereocenters. The zero-order chi connectivity index (χ0) is 12.5. The van der Waals surface area contributed by atoms with Crippen LogP contribution in [-0.2, 0) is 18.2 Å². The molecule has 96 valence electrons. The molecule has 2 N–H and O–H groups in total. The largest absolute Gasteiger partial charge is 0.383 e. The molecule has 0 aliphatic carbocycles. The van der Waals surface area contributed by atoms with E-state index in [1.807, 2.05) is 19.4 Å². The molecule has 0 atom stereocenters. The second kappa shape index (κ2) is 7.67. The maximum Gasteiger partial charge on any atom is 0.191 e. The molecule has 0 amide bonds. The predicted molar refractivity (Wildman–Crippen MR) is 68.2 cm³/mol. The lowest BCUT2D eigenvalue weighted by atomic mass is 10.2. The first-order chi connectivity index (χ1) is 8.26. The summed E-state index contributed by atoms with van der Waals surface area (Å²) in [4.78, 5) is 4.11. The highest BCUT2D eigenvalue weighted by Crippen LogP contribution is 1.95. The lowest BCUT2D eigenvalue weighted by Crippen LogP contribution is -2.39. The molecule has 0 radical (unpaired) electrons. The van der Waals surface area contributed by atoms with Crippen LogP contribution in [0.4, 0.5) is 0 Å². The summed E-state index contributed by atoms with van der Waals surface area (Å²) in [7, 11) is 5.36. The third kappa shape index (κ3) is 5.35. The van der Waals surface area contributed by atoms with E-state index in [1.54, 1.807) is 18.8 Å². The monoisotopic (exact) mass is 239 g/mol. The van der Waals surface area contributed by atoms with Crippen molar-refractivity contribution in [1.29, 1.82) is 0 Å². The molecule has 0 bridgehead atoms. The molecule has 0 spiro atoms. The van der Waals surface area contributed by atoms with E-state index in [0.717, 1.165) is 25.5 Å². The number of aryl methyl sites for hydroxylation is 1. The van der Waals surface area contributed by atoms with E-state index < -0.39 is 0 Å². The molecule has 0 saturated carbocycles. The summed E-state index contributed by atoms with van der Waals surface area (Å²) in [6, 6.07) is 0. The Morgan fingerprint density at radius 1 is 1.47 bits per heavy atom. The van der Waals surface area contributed by atoms with Gasteiger partial charge in [0.25, 0.3) is 0 Å². The summed E-state index contributed by atoms with van der Waals surface area (Å²) in [5.41, 5.74) is 1.22. The standard InChI is InChI=1S/C11H21N5O/c1-12-11(14-6-7-17-3)13-5-4-10-8-15-16(2)9-10/h8-9H,4-7H2,1-3H3,(H2,12,13,14). The summed E-state index contributed by atoms with van der Waals surface area (Å²) in [6.07, 6.45) is 4.82. The van der Waals surface area contributed by atoms with Crippen molar-refractivity contribution in [2.75, 3.05) is 33.9 Å². The van der Waals surface area contributed by atoms with E-state index in [9.17, 15) is 0 Å². The number of hydrogen-bond donors (Lipinski definition) is 2. The van der Waals surface area contributed by atoms with Gasteiger partial charge in [-0.2, -0.15) is 5.10 Å². The van der Waals surface area contributed by atoms with Gasteiger partial charge in [0, 0.05) is 40.5 Å². The van der Waals surface area contributed by atoms with Crippen LogP contribution in [0.5, 0.6) is 0 Å². The third-order valence-corrected chi connectivity index (χ3v) is 2.29. The minimum absolute atomic E-state index is 0.670. The highest BCUT2D eigenvalue weighted by Gasteiger charge is 1.98. The van der Waals surface area contributed by atoms with Crippen LogP contribution < -0.4 is 10.6 Å². The quantitative estimate of drug-likeness (QED) is 0.409. The van der Waals surface area contributed by atoms with Crippen LogP contribution in [-0.4, -0.2) is 49.6 Å². The van der Waals surface area contributed by atoms with E-state index >= 15 is 0 Å². The van der Waals surface area contributed by atoms with Gasteiger partial charge < -0.3 is 15.4 Å². The first-order valence-electron chi connectivity index (χ1n) is 5.67. The second-order valence-electron chi connectivity index (χ2n) is 3.69. The Hall–Kier alpha value is -1.56. The topological polar surface area (TPSA) is 63.5 Å². The molecule has 0 fully saturated rings. The molecule has 0 aromatic carbocycles. The summed E-state index contributed by atoms with van der Waals surface area (Å²) in [6.45, 7) is 2.25. The number of rotatable bonds is 6. The Kier molecular flexibility index (Phi) is 6.09. The van der Waals surface area contributed by atoms with Crippen molar-refractivity contribution in [2.45, 2.75) is 6.42 Å². The number of nitrogens with one attached hydrogen (secondary N) is 2. The van der Waals surface area contributed by atoms with Crippen LogP contribution in [0.3, 0.4) is 0 Å². The normalized spacial score (nSPS) is 11.6. The van der Waals surface area contributed by atoms with Gasteiger partial charge in [-0.25, -0.2) is 0 Å². The highest BCUT2D eigenvalue weighted by molar-refractivity contribution is 5.79. The van der Waals surface area contributed by atoms with Crippen LogP contribution in [0.2, 0.25) is 0 Å². The minimum Gasteiger partial charge on any atom is -0.383 e. The fourth-order valence-electron chi connectivity index (χ4n) is 1.42. The van der Waals surface area contributed by atoms with Crippen LogP contribution >= 0.6 is 0 Å². The van der Waals surface area contributed by atoms with E-state index in [1.165, 1.54) is 5.56 Å². The van der Waals surface area contributed by atoms with Gasteiger partial charge in [-0.15, -0.1) is 0 Å². The second-order valence-corrected chi connectivity index (χ2v) is 3.69. The Morgan fingerprint density at radius 3 is 2.82 bits per heavy atom. The maximum atomic E-state index is 4.96. The fraction of sp³-hybridized carbons (Fsp3) is 0.636. The number of ether oxygens (including phenoxy) is 1. The van der Waals surface area contributed by atoms with Crippen LogP contribution in [0.1, 0.15) is 5.56 Å². The average Bonchev–Trinajstić information content (AvgIpc) is 2.73. The van der Waals surface area contributed by atoms with Crippen LogP contribution in [0.15, 0.2) is 17.4 Å².